The summed E-state index contributed by atoms with van der Waals surface area (Å²) in [7, 11) is 1.41. The van der Waals surface area contributed by atoms with Crippen LogP contribution in [0, 0.1) is 5.82 Å². The number of aromatic nitrogens is 1. The van der Waals surface area contributed by atoms with E-state index in [1.165, 1.54) is 12.0 Å². The second kappa shape index (κ2) is 8.23. The Kier molecular flexibility index (Phi) is 5.51. The van der Waals surface area contributed by atoms with Crippen molar-refractivity contribution in [3.8, 4) is 11.5 Å². The summed E-state index contributed by atoms with van der Waals surface area (Å²) in [5.74, 6) is -0.692. The smallest absolute Gasteiger partial charge is 0.328 e. The van der Waals surface area contributed by atoms with Gasteiger partial charge in [0.2, 0.25) is 0 Å². The number of fused-ring (bicyclic) bond motifs is 4. The van der Waals surface area contributed by atoms with E-state index in [1.54, 1.807) is 48.2 Å². The number of ether oxygens (including phenoxy) is 1. The Morgan fingerprint density at radius 1 is 1.25 bits per heavy atom. The van der Waals surface area contributed by atoms with Gasteiger partial charge in [-0.15, -0.1) is 0 Å². The molecule has 1 saturated heterocycles. The minimum absolute atomic E-state index is 0.0366. The zero-order chi connectivity index (χ0) is 26.0. The Balaban J connectivity index is 1.67. The van der Waals surface area contributed by atoms with Gasteiger partial charge >= 0.3 is 6.03 Å². The number of urea groups is 1. The monoisotopic (exact) mass is 494 g/mol. The third-order valence-corrected chi connectivity index (χ3v) is 7.13. The number of H-pyrrole nitrogens is 1. The highest BCUT2D eigenvalue weighted by atomic mass is 19.1. The first-order valence-corrected chi connectivity index (χ1v) is 12.0. The predicted octanol–water partition coefficient (Wildman–Crippen LogP) is 4.08. The molecule has 9 heteroatoms. The van der Waals surface area contributed by atoms with E-state index in [-0.39, 0.29) is 35.9 Å². The number of hydrogen-bond acceptors (Lipinski definition) is 5. The molecule has 3 aromatic rings. The molecule has 2 aliphatic rings. The second-order valence-corrected chi connectivity index (χ2v) is 10.8. The van der Waals surface area contributed by atoms with Gasteiger partial charge in [-0.1, -0.05) is 12.1 Å². The Morgan fingerprint density at radius 2 is 2.00 bits per heavy atom. The number of phenolic OH excluding ortho intramolecular Hbond substituents is 1. The number of amides is 3. The van der Waals surface area contributed by atoms with Crippen LogP contribution in [0.3, 0.4) is 0 Å². The van der Waals surface area contributed by atoms with Gasteiger partial charge in [0.1, 0.15) is 17.3 Å². The fraction of sp³-hybridized carbons (Fsp3) is 0.407. The van der Waals surface area contributed by atoms with E-state index < -0.39 is 23.4 Å². The van der Waals surface area contributed by atoms with Crippen molar-refractivity contribution in [2.45, 2.75) is 51.2 Å². The summed E-state index contributed by atoms with van der Waals surface area (Å²) in [6.07, 6.45) is 0.148. The second-order valence-electron chi connectivity index (χ2n) is 10.8. The Morgan fingerprint density at radius 3 is 2.67 bits per heavy atom. The average molecular weight is 495 g/mol. The highest BCUT2D eigenvalue weighted by Crippen LogP contribution is 2.49. The van der Waals surface area contributed by atoms with E-state index >= 15 is 4.39 Å². The first kappa shape index (κ1) is 24.1. The zero-order valence-electron chi connectivity index (χ0n) is 21.1. The van der Waals surface area contributed by atoms with Crippen LogP contribution >= 0.6 is 0 Å². The number of aromatic hydroxyl groups is 1. The molecule has 36 heavy (non-hydrogen) atoms. The lowest BCUT2D eigenvalue weighted by molar-refractivity contribution is -0.133. The van der Waals surface area contributed by atoms with Crippen LogP contribution in [0.2, 0.25) is 0 Å². The SMILES string of the molecule is COc1ccc2[nH]c3c(c2c1F)C[C@@]1(C)C(=O)N(CCNC(C)(C)C)C(=O)N1[C@@H]3c1cccc(O)c1. The lowest BCUT2D eigenvalue weighted by Gasteiger charge is -2.42. The molecule has 2 aliphatic heterocycles. The van der Waals surface area contributed by atoms with E-state index in [2.05, 4.69) is 10.3 Å². The van der Waals surface area contributed by atoms with Crippen LogP contribution in [0.15, 0.2) is 36.4 Å². The van der Waals surface area contributed by atoms with Crippen molar-refractivity contribution < 1.29 is 23.8 Å². The summed E-state index contributed by atoms with van der Waals surface area (Å²) in [5.41, 5.74) is 1.03. The van der Waals surface area contributed by atoms with Crippen LogP contribution in [-0.4, -0.2) is 63.1 Å². The maximum atomic E-state index is 15.5. The minimum atomic E-state index is -1.23. The summed E-state index contributed by atoms with van der Waals surface area (Å²) in [5, 5.41) is 13.9. The van der Waals surface area contributed by atoms with Crippen LogP contribution in [0.4, 0.5) is 9.18 Å². The number of benzene rings is 2. The summed E-state index contributed by atoms with van der Waals surface area (Å²) in [6, 6.07) is 8.76. The molecule has 2 aromatic carbocycles. The van der Waals surface area contributed by atoms with Crippen LogP contribution in [0.5, 0.6) is 11.5 Å². The Bertz CT molecular complexity index is 1380. The summed E-state index contributed by atoms with van der Waals surface area (Å²) >= 11 is 0. The highest BCUT2D eigenvalue weighted by Gasteiger charge is 2.60. The van der Waals surface area contributed by atoms with Crippen molar-refractivity contribution in [3.05, 3.63) is 59.0 Å². The largest absolute Gasteiger partial charge is 0.508 e. The Labute approximate surface area is 209 Å². The molecule has 3 amide bonds. The summed E-state index contributed by atoms with van der Waals surface area (Å²) < 4.78 is 20.7. The van der Waals surface area contributed by atoms with Gasteiger partial charge in [0.05, 0.1) is 7.11 Å². The number of phenols is 1. The molecule has 0 unspecified atom stereocenters. The van der Waals surface area contributed by atoms with Crippen LogP contribution in [0.25, 0.3) is 10.9 Å². The van der Waals surface area contributed by atoms with Crippen LogP contribution < -0.4 is 10.1 Å². The molecule has 0 bridgehead atoms. The molecule has 0 radical (unpaired) electrons. The van der Waals surface area contributed by atoms with Gasteiger partial charge in [-0.3, -0.25) is 14.6 Å². The van der Waals surface area contributed by atoms with Crippen molar-refractivity contribution in [2.24, 2.45) is 0 Å². The van der Waals surface area contributed by atoms with Gasteiger partial charge in [0.15, 0.2) is 11.6 Å². The summed E-state index contributed by atoms with van der Waals surface area (Å²) in [6.45, 7) is 8.45. The Hall–Kier alpha value is -3.59. The maximum Gasteiger partial charge on any atom is 0.328 e. The number of nitrogens with one attached hydrogen (secondary N) is 2. The lowest BCUT2D eigenvalue weighted by atomic mass is 9.81. The number of carbonyl (C=O) groups is 2. The van der Waals surface area contributed by atoms with E-state index in [9.17, 15) is 14.7 Å². The van der Waals surface area contributed by atoms with E-state index in [0.29, 0.717) is 34.3 Å². The number of rotatable bonds is 5. The average Bonchev–Trinajstić information content (AvgIpc) is 3.25. The molecule has 0 saturated carbocycles. The van der Waals surface area contributed by atoms with Crippen molar-refractivity contribution in [2.75, 3.05) is 20.2 Å². The molecular formula is C27H31FN4O4. The number of nitrogens with zero attached hydrogens (tertiary/aromatic N) is 2. The van der Waals surface area contributed by atoms with E-state index in [0.717, 1.165) is 0 Å². The molecule has 2 atom stereocenters. The number of imide groups is 1. The molecule has 1 fully saturated rings. The molecule has 0 aliphatic carbocycles. The molecule has 0 spiro atoms. The van der Waals surface area contributed by atoms with Crippen LogP contribution in [-0.2, 0) is 11.2 Å². The molecule has 8 nitrogen and oxygen atoms in total. The highest BCUT2D eigenvalue weighted by molar-refractivity contribution is 6.08. The fourth-order valence-electron chi connectivity index (χ4n) is 5.49. The molecule has 3 N–H and O–H groups in total. The van der Waals surface area contributed by atoms with Gasteiger partial charge in [0.25, 0.3) is 5.91 Å². The first-order valence-electron chi connectivity index (χ1n) is 12.0. The fourth-order valence-corrected chi connectivity index (χ4v) is 5.49. The van der Waals surface area contributed by atoms with Gasteiger partial charge in [-0.05, 0) is 63.1 Å². The van der Waals surface area contributed by atoms with Crippen molar-refractivity contribution in [1.29, 1.82) is 0 Å². The van der Waals surface area contributed by atoms with E-state index in [4.69, 9.17) is 4.74 Å². The third kappa shape index (κ3) is 3.61. The van der Waals surface area contributed by atoms with Crippen molar-refractivity contribution in [1.82, 2.24) is 20.1 Å². The van der Waals surface area contributed by atoms with Crippen molar-refractivity contribution >= 4 is 22.8 Å². The molecule has 190 valence electrons. The number of carbonyl (C=O) groups excluding carboxylic acids is 2. The van der Waals surface area contributed by atoms with Gasteiger partial charge in [-0.25, -0.2) is 9.18 Å². The lowest BCUT2D eigenvalue weighted by Crippen LogP contribution is -2.53. The zero-order valence-corrected chi connectivity index (χ0v) is 21.1. The van der Waals surface area contributed by atoms with Gasteiger partial charge in [-0.2, -0.15) is 0 Å². The predicted molar refractivity (Wildman–Crippen MR) is 134 cm³/mol. The number of halogens is 1. The van der Waals surface area contributed by atoms with Gasteiger partial charge in [0, 0.05) is 41.6 Å². The molecule has 5 rings (SSSR count). The number of methoxy groups -OCH3 is 1. The van der Waals surface area contributed by atoms with Gasteiger partial charge < -0.3 is 20.1 Å². The topological polar surface area (TPSA) is 97.9 Å². The minimum Gasteiger partial charge on any atom is -0.508 e. The molecule has 3 heterocycles. The normalized spacial score (nSPS) is 21.8. The standard InChI is InChI=1S/C27H31FN4O4/c1-26(2,3)29-11-12-31-24(34)27(4)14-17-20-18(9-10-19(36-5)21(20)28)30-22(17)23(32(27)25(31)35)15-7-6-8-16(33)13-15/h6-10,13,23,29-30,33H,11-12,14H2,1-5H3/t23-,27+/m1/s1. The summed E-state index contributed by atoms with van der Waals surface area (Å²) in [4.78, 5) is 33.8. The van der Waals surface area contributed by atoms with E-state index in [1.807, 2.05) is 20.8 Å². The quantitative estimate of drug-likeness (QED) is 0.465. The molecule has 1 aromatic heterocycles. The van der Waals surface area contributed by atoms with Crippen LogP contribution in [0.1, 0.15) is 50.6 Å². The third-order valence-electron chi connectivity index (χ3n) is 7.13. The number of hydrogen-bond donors (Lipinski definition) is 3. The maximum absolute atomic E-state index is 15.5. The molecular weight excluding hydrogens is 463 g/mol. The first-order chi connectivity index (χ1) is 17.0. The van der Waals surface area contributed by atoms with Crippen molar-refractivity contribution in [3.63, 3.8) is 0 Å². The number of aromatic amines is 1.